The van der Waals surface area contributed by atoms with Crippen LogP contribution in [0, 0.1) is 0 Å². The van der Waals surface area contributed by atoms with E-state index in [-0.39, 0.29) is 17.2 Å². The Hall–Kier alpha value is -4.96. The summed E-state index contributed by atoms with van der Waals surface area (Å²) >= 11 is 0. The molecule has 0 saturated carbocycles. The number of hydrogen-bond acceptors (Lipinski definition) is 8. The largest absolute Gasteiger partial charge is 0.467 e. The van der Waals surface area contributed by atoms with Gasteiger partial charge in [-0.1, -0.05) is 66.7 Å². The molecule has 2 amide bonds. The molecule has 3 N–H and O–H groups in total. The van der Waals surface area contributed by atoms with Gasteiger partial charge in [0.1, 0.15) is 23.0 Å². The molecule has 2 atom stereocenters. The van der Waals surface area contributed by atoms with Crippen molar-refractivity contribution in [1.29, 1.82) is 0 Å². The molecule has 10 nitrogen and oxygen atoms in total. The van der Waals surface area contributed by atoms with E-state index in [0.717, 1.165) is 12.7 Å². The first-order valence-corrected chi connectivity index (χ1v) is 13.7. The number of ether oxygens (including phenoxy) is 2. The van der Waals surface area contributed by atoms with Gasteiger partial charge in [0.25, 0.3) is 0 Å². The molecule has 0 aliphatic carbocycles. The molecular formula is C33H34N2O8. The summed E-state index contributed by atoms with van der Waals surface area (Å²) in [5.74, 6) is -1.18. The van der Waals surface area contributed by atoms with E-state index in [4.69, 9.17) is 9.15 Å². The summed E-state index contributed by atoms with van der Waals surface area (Å²) in [6.07, 6.45) is -0.925. The highest BCUT2D eigenvalue weighted by Crippen LogP contribution is 2.32. The highest BCUT2D eigenvalue weighted by atomic mass is 16.6. The van der Waals surface area contributed by atoms with Crippen LogP contribution in [0.25, 0.3) is 33.4 Å². The molecular weight excluding hydrogens is 552 g/mol. The summed E-state index contributed by atoms with van der Waals surface area (Å²) in [6.45, 7) is 4.33. The van der Waals surface area contributed by atoms with Gasteiger partial charge in [0.15, 0.2) is 6.04 Å². The number of fused-ring (bicyclic) bond motifs is 1. The predicted molar refractivity (Wildman–Crippen MR) is 161 cm³/mol. The van der Waals surface area contributed by atoms with E-state index in [9.17, 15) is 24.3 Å². The zero-order chi connectivity index (χ0) is 31.1. The lowest BCUT2D eigenvalue weighted by Crippen LogP contribution is -2.54. The van der Waals surface area contributed by atoms with Crippen molar-refractivity contribution in [3.63, 3.8) is 0 Å². The lowest BCUT2D eigenvalue weighted by Gasteiger charge is -2.24. The lowest BCUT2D eigenvalue weighted by atomic mass is 9.97. The standard InChI is InChI=1S/C33H34N2O8/c1-33(2,3)43-32(40)35-24(30(38)34-25(19-36)31(39)41-4)18-20-15-16-26-23(17-20)28(37)27(21-11-7-5-8-12-21)29(42-26)22-13-9-6-10-14-22/h5-17,24-25,36H,18-19H2,1-4H3,(H,34,38)(H,35,40)/t24-,25-/m0/s1. The van der Waals surface area contributed by atoms with Crippen LogP contribution in [0.5, 0.6) is 0 Å². The minimum atomic E-state index is -1.34. The summed E-state index contributed by atoms with van der Waals surface area (Å²) < 4.78 is 16.3. The molecule has 3 aromatic carbocycles. The first kappa shape index (κ1) is 31.0. The number of carbonyl (C=O) groups excluding carboxylic acids is 3. The molecule has 10 heteroatoms. The van der Waals surface area contributed by atoms with Gasteiger partial charge in [-0.15, -0.1) is 0 Å². The summed E-state index contributed by atoms with van der Waals surface area (Å²) in [4.78, 5) is 51.9. The van der Waals surface area contributed by atoms with Crippen LogP contribution in [0.3, 0.4) is 0 Å². The fourth-order valence-electron chi connectivity index (χ4n) is 4.52. The highest BCUT2D eigenvalue weighted by molar-refractivity contribution is 5.91. The SMILES string of the molecule is COC(=O)[C@H](CO)NC(=O)[C@H](Cc1ccc2oc(-c3ccccc3)c(-c3ccccc3)c(=O)c2c1)NC(=O)OC(C)(C)C. The van der Waals surface area contributed by atoms with E-state index in [1.807, 2.05) is 60.7 Å². The van der Waals surface area contributed by atoms with E-state index < -0.39 is 42.3 Å². The first-order valence-electron chi connectivity index (χ1n) is 13.7. The average Bonchev–Trinajstić information content (AvgIpc) is 2.99. The highest BCUT2D eigenvalue weighted by Gasteiger charge is 2.29. The number of rotatable bonds is 9. The molecule has 0 spiro atoms. The maximum atomic E-state index is 14.0. The number of benzene rings is 3. The normalized spacial score (nSPS) is 12.7. The third-order valence-electron chi connectivity index (χ3n) is 6.49. The number of nitrogens with one attached hydrogen (secondary N) is 2. The van der Waals surface area contributed by atoms with Gasteiger partial charge < -0.3 is 29.6 Å². The average molecular weight is 587 g/mol. The Morgan fingerprint density at radius 2 is 1.51 bits per heavy atom. The van der Waals surface area contributed by atoms with Crippen LogP contribution >= 0.6 is 0 Å². The second-order valence-corrected chi connectivity index (χ2v) is 10.9. The third-order valence-corrected chi connectivity index (χ3v) is 6.49. The van der Waals surface area contributed by atoms with Crippen LogP contribution in [0.1, 0.15) is 26.3 Å². The van der Waals surface area contributed by atoms with Crippen LogP contribution in [-0.2, 0) is 25.5 Å². The summed E-state index contributed by atoms with van der Waals surface area (Å²) in [5, 5.41) is 14.8. The zero-order valence-electron chi connectivity index (χ0n) is 24.4. The number of aliphatic hydroxyl groups excluding tert-OH is 1. The van der Waals surface area contributed by atoms with Crippen molar-refractivity contribution in [2.24, 2.45) is 0 Å². The molecule has 0 saturated heterocycles. The molecule has 43 heavy (non-hydrogen) atoms. The maximum Gasteiger partial charge on any atom is 0.408 e. The molecule has 0 bridgehead atoms. The number of hydrogen-bond donors (Lipinski definition) is 3. The van der Waals surface area contributed by atoms with Crippen molar-refractivity contribution in [1.82, 2.24) is 10.6 Å². The van der Waals surface area contributed by atoms with Crippen molar-refractivity contribution in [2.75, 3.05) is 13.7 Å². The Morgan fingerprint density at radius 3 is 2.09 bits per heavy atom. The number of carbonyl (C=O) groups is 3. The van der Waals surface area contributed by atoms with Gasteiger partial charge in [0.05, 0.1) is 24.7 Å². The van der Waals surface area contributed by atoms with Crippen LogP contribution in [0.4, 0.5) is 4.79 Å². The Balaban J connectivity index is 1.76. The first-order chi connectivity index (χ1) is 20.5. The minimum Gasteiger partial charge on any atom is -0.467 e. The Kier molecular flexibility index (Phi) is 9.62. The smallest absolute Gasteiger partial charge is 0.408 e. The quantitative estimate of drug-likeness (QED) is 0.248. The fraction of sp³-hybridized carbons (Fsp3) is 0.273. The lowest BCUT2D eigenvalue weighted by molar-refractivity contribution is -0.146. The minimum absolute atomic E-state index is 0.0686. The Bertz CT molecular complexity index is 1660. The molecule has 224 valence electrons. The van der Waals surface area contributed by atoms with Gasteiger partial charge in [-0.2, -0.15) is 0 Å². The predicted octanol–water partition coefficient (Wildman–Crippen LogP) is 4.21. The van der Waals surface area contributed by atoms with Gasteiger partial charge in [0, 0.05) is 12.0 Å². The molecule has 1 heterocycles. The van der Waals surface area contributed by atoms with E-state index in [1.54, 1.807) is 39.0 Å². The number of aliphatic hydroxyl groups is 1. The molecule has 4 aromatic rings. The van der Waals surface area contributed by atoms with Crippen molar-refractivity contribution >= 4 is 28.9 Å². The van der Waals surface area contributed by atoms with Crippen molar-refractivity contribution < 1.29 is 33.4 Å². The van der Waals surface area contributed by atoms with Crippen LogP contribution in [0.15, 0.2) is 88.1 Å². The topological polar surface area (TPSA) is 144 Å². The summed E-state index contributed by atoms with van der Waals surface area (Å²) in [7, 11) is 1.13. The monoisotopic (exact) mass is 586 g/mol. The number of esters is 1. The molecule has 0 fully saturated rings. The summed E-state index contributed by atoms with van der Waals surface area (Å²) in [6, 6.07) is 20.9. The van der Waals surface area contributed by atoms with E-state index in [0.29, 0.717) is 28.0 Å². The van der Waals surface area contributed by atoms with E-state index in [1.165, 1.54) is 0 Å². The fourth-order valence-corrected chi connectivity index (χ4v) is 4.52. The number of methoxy groups -OCH3 is 1. The Labute approximate surface area is 248 Å². The molecule has 1 aromatic heterocycles. The summed E-state index contributed by atoms with van der Waals surface area (Å²) in [5.41, 5.74) is 1.59. The van der Waals surface area contributed by atoms with Gasteiger partial charge in [-0.25, -0.2) is 9.59 Å². The Morgan fingerprint density at radius 1 is 0.884 bits per heavy atom. The van der Waals surface area contributed by atoms with Gasteiger partial charge in [0.2, 0.25) is 11.3 Å². The van der Waals surface area contributed by atoms with Gasteiger partial charge in [-0.05, 0) is 44.0 Å². The van der Waals surface area contributed by atoms with Gasteiger partial charge in [-0.3, -0.25) is 9.59 Å². The molecule has 0 radical (unpaired) electrons. The van der Waals surface area contributed by atoms with E-state index >= 15 is 0 Å². The maximum absolute atomic E-state index is 14.0. The second-order valence-electron chi connectivity index (χ2n) is 10.9. The number of amides is 2. The molecule has 0 aliphatic heterocycles. The third kappa shape index (κ3) is 7.66. The van der Waals surface area contributed by atoms with Crippen LogP contribution < -0.4 is 16.1 Å². The molecule has 4 rings (SSSR count). The number of alkyl carbamates (subject to hydrolysis) is 1. The van der Waals surface area contributed by atoms with E-state index in [2.05, 4.69) is 15.4 Å². The van der Waals surface area contributed by atoms with Crippen molar-refractivity contribution in [3.05, 3.63) is 94.6 Å². The van der Waals surface area contributed by atoms with Crippen molar-refractivity contribution in [3.8, 4) is 22.5 Å². The van der Waals surface area contributed by atoms with Crippen LogP contribution in [0.2, 0.25) is 0 Å². The zero-order valence-corrected chi connectivity index (χ0v) is 24.4. The van der Waals surface area contributed by atoms with Gasteiger partial charge >= 0.3 is 12.1 Å². The molecule has 0 unspecified atom stereocenters. The molecule has 0 aliphatic rings. The second kappa shape index (κ2) is 13.3. The van der Waals surface area contributed by atoms with Crippen LogP contribution in [-0.4, -0.2) is 54.5 Å². The van der Waals surface area contributed by atoms with Crippen molar-refractivity contribution in [2.45, 2.75) is 44.9 Å².